The Morgan fingerprint density at radius 2 is 2.10 bits per heavy atom. The fourth-order valence-electron chi connectivity index (χ4n) is 2.26. The van der Waals surface area contributed by atoms with Crippen LogP contribution in [0.4, 0.5) is 5.69 Å². The number of aryl methyl sites for hydroxylation is 1. The van der Waals surface area contributed by atoms with Gasteiger partial charge in [0.2, 0.25) is 0 Å². The Bertz CT molecular complexity index is 822. The quantitative estimate of drug-likeness (QED) is 0.628. The number of benzene rings is 1. The predicted octanol–water partition coefficient (Wildman–Crippen LogP) is 5.67. The molecule has 21 heavy (non-hydrogen) atoms. The summed E-state index contributed by atoms with van der Waals surface area (Å²) in [6.45, 7) is 2.06. The molecule has 0 aliphatic rings. The summed E-state index contributed by atoms with van der Waals surface area (Å²) in [6.07, 6.45) is 0. The van der Waals surface area contributed by atoms with Gasteiger partial charge >= 0.3 is 0 Å². The molecule has 1 aromatic carbocycles. The van der Waals surface area contributed by atoms with Gasteiger partial charge in [0.25, 0.3) is 0 Å². The molecule has 5 heteroatoms. The normalized spacial score (nSPS) is 10.5. The van der Waals surface area contributed by atoms with Crippen molar-refractivity contribution < 1.29 is 0 Å². The van der Waals surface area contributed by atoms with Gasteiger partial charge in [0.1, 0.15) is 10.9 Å². The summed E-state index contributed by atoms with van der Waals surface area (Å²) in [5.74, 6) is 0. The number of halogens is 1. The van der Waals surface area contributed by atoms with Crippen molar-refractivity contribution in [1.82, 2.24) is 0 Å². The van der Waals surface area contributed by atoms with Crippen LogP contribution in [0.25, 0.3) is 20.9 Å². The maximum atomic E-state index is 9.28. The fraction of sp³-hybridized carbons (Fsp3) is 0.0625. The van der Waals surface area contributed by atoms with Crippen LogP contribution in [0.3, 0.4) is 0 Å². The third-order valence-corrected chi connectivity index (χ3v) is 5.62. The van der Waals surface area contributed by atoms with E-state index in [1.165, 1.54) is 16.9 Å². The first-order valence-electron chi connectivity index (χ1n) is 6.24. The van der Waals surface area contributed by atoms with Crippen LogP contribution in [0.1, 0.15) is 10.4 Å². The minimum atomic E-state index is 0.575. The maximum Gasteiger partial charge on any atom is 0.129 e. The molecular weight excluding hydrogens is 364 g/mol. The molecule has 0 bridgehead atoms. The first-order chi connectivity index (χ1) is 10.1. The molecule has 3 rings (SSSR count). The number of anilines is 1. The summed E-state index contributed by atoms with van der Waals surface area (Å²) < 4.78 is 1.03. The fourth-order valence-corrected chi connectivity index (χ4v) is 4.75. The Hall–Kier alpha value is -1.61. The summed E-state index contributed by atoms with van der Waals surface area (Å²) in [6, 6.07) is 12.5. The molecule has 0 aliphatic carbocycles. The molecule has 0 fully saturated rings. The van der Waals surface area contributed by atoms with Crippen molar-refractivity contribution >= 4 is 44.3 Å². The van der Waals surface area contributed by atoms with E-state index >= 15 is 0 Å². The van der Waals surface area contributed by atoms with Gasteiger partial charge in [0.15, 0.2) is 0 Å². The lowest BCUT2D eigenvalue weighted by Gasteiger charge is -2.06. The zero-order valence-corrected chi connectivity index (χ0v) is 14.4. The number of hydrogen-bond donors (Lipinski definition) is 1. The highest BCUT2D eigenvalue weighted by Gasteiger charge is 2.19. The average molecular weight is 375 g/mol. The highest BCUT2D eigenvalue weighted by molar-refractivity contribution is 9.10. The van der Waals surface area contributed by atoms with Crippen LogP contribution in [0, 0.1) is 18.3 Å². The van der Waals surface area contributed by atoms with Gasteiger partial charge in [-0.15, -0.1) is 22.7 Å². The molecule has 0 saturated heterocycles. The van der Waals surface area contributed by atoms with Crippen molar-refractivity contribution in [3.8, 4) is 27.0 Å². The molecule has 2 aromatic heterocycles. The number of nitrogens with two attached hydrogens (primary N) is 1. The molecule has 0 radical (unpaired) electrons. The van der Waals surface area contributed by atoms with E-state index in [-0.39, 0.29) is 0 Å². The third-order valence-electron chi connectivity index (χ3n) is 3.12. The van der Waals surface area contributed by atoms with Gasteiger partial charge in [-0.1, -0.05) is 28.1 Å². The van der Waals surface area contributed by atoms with E-state index in [9.17, 15) is 5.26 Å². The second-order valence-corrected chi connectivity index (χ2v) is 7.54. The average Bonchev–Trinajstić information content (AvgIpc) is 3.04. The molecule has 2 nitrogen and oxygen atoms in total. The third kappa shape index (κ3) is 2.62. The summed E-state index contributed by atoms with van der Waals surface area (Å²) in [7, 11) is 0. The van der Waals surface area contributed by atoms with Gasteiger partial charge in [-0.05, 0) is 41.6 Å². The predicted molar refractivity (Wildman–Crippen MR) is 94.6 cm³/mol. The molecule has 0 amide bonds. The van der Waals surface area contributed by atoms with E-state index in [2.05, 4.69) is 47.1 Å². The van der Waals surface area contributed by atoms with Crippen LogP contribution in [-0.4, -0.2) is 0 Å². The summed E-state index contributed by atoms with van der Waals surface area (Å²) in [5, 5.41) is 11.3. The summed E-state index contributed by atoms with van der Waals surface area (Å²) in [4.78, 5) is 2.72. The molecule has 0 spiro atoms. The van der Waals surface area contributed by atoms with Crippen LogP contribution in [-0.2, 0) is 0 Å². The Balaban J connectivity index is 2.30. The Kier molecular flexibility index (Phi) is 3.85. The van der Waals surface area contributed by atoms with Crippen molar-refractivity contribution in [2.24, 2.45) is 0 Å². The minimum Gasteiger partial charge on any atom is -0.396 e. The molecule has 2 N–H and O–H groups in total. The second kappa shape index (κ2) is 5.64. The van der Waals surface area contributed by atoms with Gasteiger partial charge < -0.3 is 5.73 Å². The molecule has 104 valence electrons. The molecule has 0 atom stereocenters. The van der Waals surface area contributed by atoms with Crippen molar-refractivity contribution in [3.05, 3.63) is 50.6 Å². The van der Waals surface area contributed by atoms with Crippen LogP contribution in [0.5, 0.6) is 0 Å². The first kappa shape index (κ1) is 14.3. The van der Waals surface area contributed by atoms with E-state index in [1.54, 1.807) is 11.3 Å². The van der Waals surface area contributed by atoms with Crippen LogP contribution in [0.15, 0.2) is 40.2 Å². The van der Waals surface area contributed by atoms with Crippen LogP contribution < -0.4 is 5.73 Å². The monoisotopic (exact) mass is 374 g/mol. The number of hydrogen-bond acceptors (Lipinski definition) is 4. The largest absolute Gasteiger partial charge is 0.396 e. The number of rotatable bonds is 2. The molecule has 0 aliphatic heterocycles. The van der Waals surface area contributed by atoms with Gasteiger partial charge in [-0.2, -0.15) is 5.26 Å². The number of nitrogens with zero attached hydrogens (tertiary/aromatic N) is 1. The maximum absolute atomic E-state index is 9.28. The lowest BCUT2D eigenvalue weighted by molar-refractivity contribution is 1.46. The number of nitrogen functional groups attached to an aromatic ring is 1. The number of thiophene rings is 2. The SMILES string of the molecule is Cc1cc(Br)cc(-c2sc(C#N)c(N)c2-c2cccs2)c1. The minimum absolute atomic E-state index is 0.575. The van der Waals surface area contributed by atoms with E-state index < -0.39 is 0 Å². The Morgan fingerprint density at radius 1 is 1.29 bits per heavy atom. The molecule has 3 aromatic rings. The van der Waals surface area contributed by atoms with Crippen molar-refractivity contribution in [2.45, 2.75) is 6.92 Å². The van der Waals surface area contributed by atoms with Gasteiger partial charge in [-0.3, -0.25) is 0 Å². The van der Waals surface area contributed by atoms with Crippen molar-refractivity contribution in [2.75, 3.05) is 5.73 Å². The Morgan fingerprint density at radius 3 is 2.71 bits per heavy atom. The van der Waals surface area contributed by atoms with Crippen molar-refractivity contribution in [1.29, 1.82) is 5.26 Å². The van der Waals surface area contributed by atoms with Crippen LogP contribution in [0.2, 0.25) is 0 Å². The Labute approximate surface area is 139 Å². The highest BCUT2D eigenvalue weighted by atomic mass is 79.9. The lowest BCUT2D eigenvalue weighted by Crippen LogP contribution is -1.88. The number of nitriles is 1. The molecule has 0 unspecified atom stereocenters. The van der Waals surface area contributed by atoms with E-state index in [0.717, 1.165) is 25.4 Å². The van der Waals surface area contributed by atoms with Crippen LogP contribution >= 0.6 is 38.6 Å². The zero-order valence-electron chi connectivity index (χ0n) is 11.2. The van der Waals surface area contributed by atoms with Gasteiger partial charge in [0.05, 0.1) is 5.69 Å². The highest BCUT2D eigenvalue weighted by Crippen LogP contribution is 2.46. The smallest absolute Gasteiger partial charge is 0.129 e. The first-order valence-corrected chi connectivity index (χ1v) is 8.73. The second-order valence-electron chi connectivity index (χ2n) is 4.66. The summed E-state index contributed by atoms with van der Waals surface area (Å²) in [5.41, 5.74) is 10.0. The topological polar surface area (TPSA) is 49.8 Å². The molecule has 2 heterocycles. The van der Waals surface area contributed by atoms with E-state index in [1.807, 2.05) is 17.5 Å². The van der Waals surface area contributed by atoms with E-state index in [4.69, 9.17) is 5.73 Å². The standard InChI is InChI=1S/C16H11BrN2S2/c1-9-5-10(7-11(17)6-9)16-14(12-3-2-4-20-12)15(19)13(8-18)21-16/h2-7H,19H2,1H3. The van der Waals surface area contributed by atoms with Crippen molar-refractivity contribution in [3.63, 3.8) is 0 Å². The van der Waals surface area contributed by atoms with Gasteiger partial charge in [-0.25, -0.2) is 0 Å². The lowest BCUT2D eigenvalue weighted by atomic mass is 10.0. The van der Waals surface area contributed by atoms with E-state index in [0.29, 0.717) is 10.6 Å². The van der Waals surface area contributed by atoms with Gasteiger partial charge in [0, 0.05) is 19.8 Å². The molecule has 0 saturated carbocycles. The molecular formula is C16H11BrN2S2. The zero-order chi connectivity index (χ0) is 15.0. The summed E-state index contributed by atoms with van der Waals surface area (Å²) >= 11 is 6.63.